The van der Waals surface area contributed by atoms with Crippen LogP contribution >= 0.6 is 0 Å². The molecule has 0 aliphatic carbocycles. The first-order chi connectivity index (χ1) is 9.29. The summed E-state index contributed by atoms with van der Waals surface area (Å²) in [4.78, 5) is 0. The van der Waals surface area contributed by atoms with Gasteiger partial charge in [-0.25, -0.2) is 0 Å². The highest BCUT2D eigenvalue weighted by molar-refractivity contribution is 5.55. The predicted octanol–water partition coefficient (Wildman–Crippen LogP) is 5.48. The Morgan fingerprint density at radius 3 is 1.80 bits per heavy atom. The summed E-state index contributed by atoms with van der Waals surface area (Å²) in [7, 11) is 0. The monoisotopic (exact) mass is 276 g/mol. The van der Waals surface area contributed by atoms with Gasteiger partial charge in [-0.2, -0.15) is 0 Å². The standard InChI is InChI=1S/C19H34N/c1-9-11-18-17(8)12-10-13-19(18)20(14(2)3,15(4)5)16(6)7/h10,12-16H,9,11H2,1-8H3/q+1. The average molecular weight is 276 g/mol. The van der Waals surface area contributed by atoms with Crippen LogP contribution in [0.25, 0.3) is 0 Å². The maximum Gasteiger partial charge on any atom is 0.136 e. The number of hydrogen-bond donors (Lipinski definition) is 0. The zero-order valence-corrected chi connectivity index (χ0v) is 14.8. The van der Waals surface area contributed by atoms with E-state index in [0.717, 1.165) is 4.48 Å². The SMILES string of the molecule is CCCc1c(C)cccc1[N+](C(C)C)(C(C)C)C(C)C. The Balaban J connectivity index is 3.61. The molecule has 0 heterocycles. The Hall–Kier alpha value is -0.820. The van der Waals surface area contributed by atoms with Crippen LogP contribution in [-0.4, -0.2) is 18.1 Å². The zero-order chi connectivity index (χ0) is 15.5. The molecule has 0 saturated heterocycles. The van der Waals surface area contributed by atoms with E-state index in [1.807, 2.05) is 0 Å². The van der Waals surface area contributed by atoms with Crippen LogP contribution in [0.4, 0.5) is 5.69 Å². The van der Waals surface area contributed by atoms with Crippen molar-refractivity contribution in [1.82, 2.24) is 4.48 Å². The molecule has 0 amide bonds. The molecule has 1 nitrogen and oxygen atoms in total. The molecule has 0 aliphatic heterocycles. The van der Waals surface area contributed by atoms with E-state index in [1.165, 1.54) is 18.4 Å². The Labute approximate surface area is 126 Å². The van der Waals surface area contributed by atoms with Crippen molar-refractivity contribution >= 4 is 5.69 Å². The second kappa shape index (κ2) is 6.76. The molecule has 0 radical (unpaired) electrons. The first kappa shape index (κ1) is 17.2. The van der Waals surface area contributed by atoms with Crippen molar-refractivity contribution in [3.63, 3.8) is 0 Å². The quantitative estimate of drug-likeness (QED) is 0.603. The normalized spacial score (nSPS) is 12.8. The van der Waals surface area contributed by atoms with E-state index in [2.05, 4.69) is 73.6 Å². The Bertz CT molecular complexity index is 408. The van der Waals surface area contributed by atoms with Gasteiger partial charge in [0.05, 0.1) is 18.1 Å². The number of nitrogens with zero attached hydrogens (tertiary/aromatic N) is 1. The molecule has 1 rings (SSSR count). The van der Waals surface area contributed by atoms with E-state index in [4.69, 9.17) is 0 Å². The molecule has 0 saturated carbocycles. The minimum Gasteiger partial charge on any atom is -0.285 e. The minimum absolute atomic E-state index is 0.590. The highest BCUT2D eigenvalue weighted by Gasteiger charge is 2.41. The number of hydrogen-bond acceptors (Lipinski definition) is 0. The van der Waals surface area contributed by atoms with Gasteiger partial charge in [-0.05, 0) is 66.5 Å². The highest BCUT2D eigenvalue weighted by atomic mass is 15.4. The van der Waals surface area contributed by atoms with Gasteiger partial charge in [-0.15, -0.1) is 0 Å². The lowest BCUT2D eigenvalue weighted by Gasteiger charge is -2.50. The lowest BCUT2D eigenvalue weighted by molar-refractivity contribution is 0.135. The van der Waals surface area contributed by atoms with Crippen molar-refractivity contribution in [2.24, 2.45) is 0 Å². The van der Waals surface area contributed by atoms with Crippen LogP contribution in [-0.2, 0) is 6.42 Å². The molecule has 1 aromatic rings. The fourth-order valence-electron chi connectivity index (χ4n) is 4.25. The second-order valence-electron chi connectivity index (χ2n) is 6.94. The summed E-state index contributed by atoms with van der Waals surface area (Å²) in [5.74, 6) is 0. The van der Waals surface area contributed by atoms with Crippen molar-refractivity contribution < 1.29 is 0 Å². The molecule has 0 bridgehead atoms. The first-order valence-electron chi connectivity index (χ1n) is 8.27. The Kier molecular flexibility index (Phi) is 5.82. The van der Waals surface area contributed by atoms with Crippen molar-refractivity contribution in [2.45, 2.75) is 86.4 Å². The second-order valence-corrected chi connectivity index (χ2v) is 6.94. The molecule has 0 aromatic heterocycles. The van der Waals surface area contributed by atoms with Gasteiger partial charge < -0.3 is 0 Å². The summed E-state index contributed by atoms with van der Waals surface area (Å²) in [6, 6.07) is 8.65. The molecule has 0 spiro atoms. The third kappa shape index (κ3) is 2.79. The van der Waals surface area contributed by atoms with Crippen molar-refractivity contribution in [1.29, 1.82) is 0 Å². The van der Waals surface area contributed by atoms with Gasteiger partial charge in [0, 0.05) is 5.56 Å². The van der Waals surface area contributed by atoms with Crippen LogP contribution in [0.2, 0.25) is 0 Å². The lowest BCUT2D eigenvalue weighted by Crippen LogP contribution is -2.63. The van der Waals surface area contributed by atoms with E-state index in [-0.39, 0.29) is 0 Å². The lowest BCUT2D eigenvalue weighted by atomic mass is 9.94. The summed E-state index contributed by atoms with van der Waals surface area (Å²) in [6.07, 6.45) is 2.40. The zero-order valence-electron chi connectivity index (χ0n) is 14.8. The highest BCUT2D eigenvalue weighted by Crippen LogP contribution is 2.38. The summed E-state index contributed by atoms with van der Waals surface area (Å²) in [5.41, 5.74) is 4.58. The molecule has 0 unspecified atom stereocenters. The van der Waals surface area contributed by atoms with Gasteiger partial charge in [0.1, 0.15) is 5.69 Å². The molecule has 0 fully saturated rings. The van der Waals surface area contributed by atoms with Crippen LogP contribution in [0.15, 0.2) is 18.2 Å². The molecular weight excluding hydrogens is 242 g/mol. The van der Waals surface area contributed by atoms with Crippen LogP contribution in [0, 0.1) is 6.92 Å². The summed E-state index contributed by atoms with van der Waals surface area (Å²) < 4.78 is 1.08. The molecule has 0 aliphatic rings. The largest absolute Gasteiger partial charge is 0.285 e. The summed E-state index contributed by atoms with van der Waals surface area (Å²) in [6.45, 7) is 18.8. The fourth-order valence-corrected chi connectivity index (χ4v) is 4.25. The van der Waals surface area contributed by atoms with Gasteiger partial charge in [0.2, 0.25) is 0 Å². The summed E-state index contributed by atoms with van der Waals surface area (Å²) >= 11 is 0. The van der Waals surface area contributed by atoms with E-state index in [9.17, 15) is 0 Å². The Morgan fingerprint density at radius 1 is 0.900 bits per heavy atom. The first-order valence-corrected chi connectivity index (χ1v) is 8.27. The van der Waals surface area contributed by atoms with Crippen LogP contribution in [0.3, 0.4) is 0 Å². The average Bonchev–Trinajstić information content (AvgIpc) is 2.32. The van der Waals surface area contributed by atoms with Crippen molar-refractivity contribution in [3.05, 3.63) is 29.3 Å². The maximum atomic E-state index is 2.37. The topological polar surface area (TPSA) is 0 Å². The molecule has 1 heteroatoms. The van der Waals surface area contributed by atoms with E-state index in [1.54, 1.807) is 11.3 Å². The van der Waals surface area contributed by atoms with Crippen LogP contribution < -0.4 is 4.48 Å². The smallest absolute Gasteiger partial charge is 0.136 e. The third-order valence-electron chi connectivity index (χ3n) is 4.87. The maximum absolute atomic E-state index is 2.37. The van der Waals surface area contributed by atoms with Crippen molar-refractivity contribution in [2.75, 3.05) is 0 Å². The third-order valence-corrected chi connectivity index (χ3v) is 4.87. The minimum atomic E-state index is 0.590. The molecule has 1 aromatic carbocycles. The van der Waals surface area contributed by atoms with Gasteiger partial charge in [-0.3, -0.25) is 4.48 Å². The van der Waals surface area contributed by atoms with Gasteiger partial charge in [0.15, 0.2) is 0 Å². The molecule has 114 valence electrons. The van der Waals surface area contributed by atoms with Crippen molar-refractivity contribution in [3.8, 4) is 0 Å². The van der Waals surface area contributed by atoms with Gasteiger partial charge in [-0.1, -0.05) is 25.5 Å². The number of benzene rings is 1. The van der Waals surface area contributed by atoms with Gasteiger partial charge >= 0.3 is 0 Å². The fraction of sp³-hybridized carbons (Fsp3) is 0.684. The van der Waals surface area contributed by atoms with E-state index >= 15 is 0 Å². The molecule has 20 heavy (non-hydrogen) atoms. The van der Waals surface area contributed by atoms with E-state index in [0.29, 0.717) is 18.1 Å². The van der Waals surface area contributed by atoms with Crippen LogP contribution in [0.1, 0.15) is 66.0 Å². The molecule has 0 atom stereocenters. The molecule has 0 N–H and O–H groups in total. The Morgan fingerprint density at radius 2 is 1.40 bits per heavy atom. The van der Waals surface area contributed by atoms with E-state index < -0.39 is 0 Å². The molecular formula is C19H34N+. The van der Waals surface area contributed by atoms with Crippen LogP contribution in [0.5, 0.6) is 0 Å². The summed E-state index contributed by atoms with van der Waals surface area (Å²) in [5, 5.41) is 0. The van der Waals surface area contributed by atoms with Gasteiger partial charge in [0.25, 0.3) is 0 Å². The number of rotatable bonds is 6. The number of quaternary nitrogens is 1. The number of aryl methyl sites for hydroxylation is 1. The predicted molar refractivity (Wildman–Crippen MR) is 92.4 cm³/mol.